The average Bonchev–Trinajstić information content (AvgIpc) is 3.15. The van der Waals surface area contributed by atoms with Crippen molar-refractivity contribution in [3.63, 3.8) is 0 Å². The van der Waals surface area contributed by atoms with Gasteiger partial charge in [-0.1, -0.05) is 18.2 Å². The van der Waals surface area contributed by atoms with Gasteiger partial charge in [-0.15, -0.1) is 11.3 Å². The lowest BCUT2D eigenvalue weighted by Crippen LogP contribution is -2.53. The number of ether oxygens (including phenoxy) is 1. The molecule has 2 heterocycles. The summed E-state index contributed by atoms with van der Waals surface area (Å²) in [5.74, 6) is 0.711. The third kappa shape index (κ3) is 4.20. The lowest BCUT2D eigenvalue weighted by Gasteiger charge is -2.35. The smallest absolute Gasteiger partial charge is 0.264 e. The van der Waals surface area contributed by atoms with Gasteiger partial charge in [-0.3, -0.25) is 9.59 Å². The largest absolute Gasteiger partial charge is 0.481 e. The highest BCUT2D eigenvalue weighted by atomic mass is 32.1. The van der Waals surface area contributed by atoms with Gasteiger partial charge in [0.15, 0.2) is 6.10 Å². The molecule has 0 radical (unpaired) electrons. The van der Waals surface area contributed by atoms with Gasteiger partial charge in [0.2, 0.25) is 0 Å². The van der Waals surface area contributed by atoms with E-state index in [1.165, 1.54) is 11.3 Å². The maximum atomic E-state index is 12.6. The molecule has 0 saturated carbocycles. The quantitative estimate of drug-likeness (QED) is 0.844. The van der Waals surface area contributed by atoms with E-state index in [1.807, 2.05) is 53.6 Å². The average molecular weight is 358 g/mol. The first-order valence-corrected chi connectivity index (χ1v) is 9.27. The normalized spacial score (nSPS) is 15.8. The molecule has 1 fully saturated rings. The molecular formula is C19H22N2O3S. The standard InChI is InChI=1S/C19H22N2O3S/c1-14-5-3-6-16(13-14)24-15(2)18(22)20-8-10-21(11-9-20)19(23)17-7-4-12-25-17/h3-7,12-13,15H,8-11H2,1-2H3/t15-/m1/s1. The number of amides is 2. The van der Waals surface area contributed by atoms with E-state index in [-0.39, 0.29) is 11.8 Å². The van der Waals surface area contributed by atoms with E-state index < -0.39 is 6.10 Å². The van der Waals surface area contributed by atoms with Gasteiger partial charge < -0.3 is 14.5 Å². The third-order valence-corrected chi connectivity index (χ3v) is 5.12. The van der Waals surface area contributed by atoms with Crippen molar-refractivity contribution in [2.24, 2.45) is 0 Å². The van der Waals surface area contributed by atoms with Crippen molar-refractivity contribution in [2.45, 2.75) is 20.0 Å². The molecule has 1 aliphatic rings. The molecule has 1 aromatic carbocycles. The van der Waals surface area contributed by atoms with Crippen LogP contribution in [0.25, 0.3) is 0 Å². The number of carbonyl (C=O) groups excluding carboxylic acids is 2. The fourth-order valence-corrected chi connectivity index (χ4v) is 3.58. The van der Waals surface area contributed by atoms with Gasteiger partial charge >= 0.3 is 0 Å². The number of carbonyl (C=O) groups is 2. The molecule has 132 valence electrons. The molecule has 1 aromatic heterocycles. The predicted molar refractivity (Wildman–Crippen MR) is 98.1 cm³/mol. The van der Waals surface area contributed by atoms with Gasteiger partial charge in [-0.2, -0.15) is 0 Å². The Hall–Kier alpha value is -2.34. The van der Waals surface area contributed by atoms with Crippen molar-refractivity contribution in [3.8, 4) is 5.75 Å². The Bertz CT molecular complexity index is 737. The molecule has 0 spiro atoms. The summed E-state index contributed by atoms with van der Waals surface area (Å²) in [4.78, 5) is 29.3. The summed E-state index contributed by atoms with van der Waals surface area (Å²) < 4.78 is 5.77. The molecule has 1 saturated heterocycles. The van der Waals surface area contributed by atoms with Gasteiger partial charge in [0.1, 0.15) is 5.75 Å². The molecular weight excluding hydrogens is 336 g/mol. The Balaban J connectivity index is 1.53. The van der Waals surface area contributed by atoms with Gasteiger partial charge in [0.25, 0.3) is 11.8 Å². The van der Waals surface area contributed by atoms with Crippen LogP contribution in [-0.4, -0.2) is 53.9 Å². The molecule has 25 heavy (non-hydrogen) atoms. The van der Waals surface area contributed by atoms with Crippen molar-refractivity contribution in [1.82, 2.24) is 9.80 Å². The number of nitrogens with zero attached hydrogens (tertiary/aromatic N) is 2. The first-order valence-electron chi connectivity index (χ1n) is 8.39. The van der Waals surface area contributed by atoms with Crippen LogP contribution in [0.5, 0.6) is 5.75 Å². The zero-order valence-corrected chi connectivity index (χ0v) is 15.3. The van der Waals surface area contributed by atoms with Crippen molar-refractivity contribution in [3.05, 3.63) is 52.2 Å². The van der Waals surface area contributed by atoms with Crippen molar-refractivity contribution in [1.29, 1.82) is 0 Å². The van der Waals surface area contributed by atoms with Crippen LogP contribution in [0.4, 0.5) is 0 Å². The van der Waals surface area contributed by atoms with E-state index in [1.54, 1.807) is 11.8 Å². The number of thiophene rings is 1. The predicted octanol–water partition coefficient (Wildman–Crippen LogP) is 2.81. The lowest BCUT2D eigenvalue weighted by molar-refractivity contribution is -0.139. The van der Waals surface area contributed by atoms with Crippen LogP contribution in [0, 0.1) is 6.92 Å². The summed E-state index contributed by atoms with van der Waals surface area (Å²) in [7, 11) is 0. The lowest BCUT2D eigenvalue weighted by atomic mass is 10.2. The molecule has 3 rings (SSSR count). The molecule has 2 amide bonds. The van der Waals surface area contributed by atoms with Crippen molar-refractivity contribution >= 4 is 23.2 Å². The number of piperazine rings is 1. The monoisotopic (exact) mass is 358 g/mol. The topological polar surface area (TPSA) is 49.9 Å². The summed E-state index contributed by atoms with van der Waals surface area (Å²) in [5, 5.41) is 1.90. The Morgan fingerprint density at radius 1 is 1.08 bits per heavy atom. The number of hydrogen-bond donors (Lipinski definition) is 0. The summed E-state index contributed by atoms with van der Waals surface area (Å²) in [6.45, 7) is 5.95. The van der Waals surface area contributed by atoms with Crippen LogP contribution >= 0.6 is 11.3 Å². The Labute approximate surface area is 151 Å². The molecule has 0 N–H and O–H groups in total. The second-order valence-corrected chi connectivity index (χ2v) is 7.12. The number of aryl methyl sites for hydroxylation is 1. The molecule has 5 nitrogen and oxygen atoms in total. The Morgan fingerprint density at radius 2 is 1.80 bits per heavy atom. The fraction of sp³-hybridized carbons (Fsp3) is 0.368. The summed E-state index contributed by atoms with van der Waals surface area (Å²) in [5.41, 5.74) is 1.10. The van der Waals surface area contributed by atoms with Crippen LogP contribution in [0.2, 0.25) is 0 Å². The zero-order chi connectivity index (χ0) is 17.8. The highest BCUT2D eigenvalue weighted by Crippen LogP contribution is 2.17. The fourth-order valence-electron chi connectivity index (χ4n) is 2.89. The summed E-state index contributed by atoms with van der Waals surface area (Å²) in [6, 6.07) is 11.4. The Morgan fingerprint density at radius 3 is 2.44 bits per heavy atom. The highest BCUT2D eigenvalue weighted by molar-refractivity contribution is 7.12. The van der Waals surface area contributed by atoms with Crippen LogP contribution in [-0.2, 0) is 4.79 Å². The third-order valence-electron chi connectivity index (χ3n) is 4.26. The molecule has 0 aliphatic carbocycles. The van der Waals surface area contributed by atoms with E-state index in [0.717, 1.165) is 10.4 Å². The van der Waals surface area contributed by atoms with Crippen molar-refractivity contribution in [2.75, 3.05) is 26.2 Å². The summed E-state index contributed by atoms with van der Waals surface area (Å²) >= 11 is 1.45. The highest BCUT2D eigenvalue weighted by Gasteiger charge is 2.28. The molecule has 1 aliphatic heterocycles. The molecule has 1 atom stereocenters. The zero-order valence-electron chi connectivity index (χ0n) is 14.5. The van der Waals surface area contributed by atoms with Gasteiger partial charge in [0.05, 0.1) is 4.88 Å². The number of hydrogen-bond acceptors (Lipinski definition) is 4. The van der Waals surface area contributed by atoms with E-state index in [2.05, 4.69) is 0 Å². The van der Waals surface area contributed by atoms with Gasteiger partial charge in [-0.05, 0) is 43.0 Å². The van der Waals surface area contributed by atoms with E-state index in [0.29, 0.717) is 31.9 Å². The first-order chi connectivity index (χ1) is 12.0. The molecule has 6 heteroatoms. The maximum Gasteiger partial charge on any atom is 0.264 e. The maximum absolute atomic E-state index is 12.6. The van der Waals surface area contributed by atoms with Crippen molar-refractivity contribution < 1.29 is 14.3 Å². The molecule has 0 unspecified atom stereocenters. The number of benzene rings is 1. The summed E-state index contributed by atoms with van der Waals surface area (Å²) in [6.07, 6.45) is -0.540. The van der Waals surface area contributed by atoms with E-state index in [9.17, 15) is 9.59 Å². The van der Waals surface area contributed by atoms with Crippen LogP contribution < -0.4 is 4.74 Å². The second kappa shape index (κ2) is 7.70. The minimum Gasteiger partial charge on any atom is -0.481 e. The van der Waals surface area contributed by atoms with Crippen LogP contribution in [0.1, 0.15) is 22.2 Å². The van der Waals surface area contributed by atoms with E-state index in [4.69, 9.17) is 4.74 Å². The van der Waals surface area contributed by atoms with Gasteiger partial charge in [-0.25, -0.2) is 0 Å². The second-order valence-electron chi connectivity index (χ2n) is 6.17. The Kier molecular flexibility index (Phi) is 5.38. The van der Waals surface area contributed by atoms with E-state index >= 15 is 0 Å². The number of rotatable bonds is 4. The molecule has 0 bridgehead atoms. The molecule has 2 aromatic rings. The van der Waals surface area contributed by atoms with Gasteiger partial charge in [0, 0.05) is 26.2 Å². The minimum absolute atomic E-state index is 0.0373. The first kappa shape index (κ1) is 17.5. The SMILES string of the molecule is Cc1cccc(O[C@H](C)C(=O)N2CCN(C(=O)c3cccs3)CC2)c1. The minimum atomic E-state index is -0.540. The van der Waals surface area contributed by atoms with Crippen LogP contribution in [0.3, 0.4) is 0 Å². The van der Waals surface area contributed by atoms with Crippen LogP contribution in [0.15, 0.2) is 41.8 Å².